The fraction of sp³-hybridized carbons (Fsp3) is 0.182. The maximum absolute atomic E-state index is 12.0. The highest BCUT2D eigenvalue weighted by molar-refractivity contribution is 6.42. The Hall–Kier alpha value is -1.43. The van der Waals surface area contributed by atoms with E-state index >= 15 is 0 Å². The van der Waals surface area contributed by atoms with Gasteiger partial charge in [-0.3, -0.25) is 4.79 Å². The molecule has 0 aliphatic rings. The third-order valence-electron chi connectivity index (χ3n) is 2.34. The monoisotopic (exact) mass is 284 g/mol. The van der Waals surface area contributed by atoms with Crippen LogP contribution in [0, 0.1) is 0 Å². The van der Waals surface area contributed by atoms with Crippen LogP contribution in [-0.4, -0.2) is 20.8 Å². The highest BCUT2D eigenvalue weighted by Crippen LogP contribution is 2.22. The lowest BCUT2D eigenvalue weighted by molar-refractivity contribution is 0.0967. The first-order chi connectivity index (χ1) is 8.60. The van der Waals surface area contributed by atoms with Gasteiger partial charge in [-0.25, -0.2) is 4.68 Å². The number of Topliss-reactive ketones (excluding diaryl/α,β-unsaturated/α-hetero) is 1. The summed E-state index contributed by atoms with van der Waals surface area (Å²) in [6.45, 7) is 0.381. The molecule has 0 aliphatic carbocycles. The Labute approximate surface area is 113 Å². The maximum atomic E-state index is 12.0. The molecule has 0 unspecified atom stereocenters. The number of hydrogen-bond donors (Lipinski definition) is 1. The molecule has 94 valence electrons. The number of rotatable bonds is 4. The zero-order valence-electron chi connectivity index (χ0n) is 9.31. The fourth-order valence-electron chi connectivity index (χ4n) is 1.42. The predicted octanol–water partition coefficient (Wildman–Crippen LogP) is 1.93. The van der Waals surface area contributed by atoms with E-state index in [-0.39, 0.29) is 12.3 Å². The molecule has 18 heavy (non-hydrogen) atoms. The predicted molar refractivity (Wildman–Crippen MR) is 68.7 cm³/mol. The van der Waals surface area contributed by atoms with Gasteiger partial charge in [0, 0.05) is 12.1 Å². The van der Waals surface area contributed by atoms with E-state index < -0.39 is 0 Å². The third kappa shape index (κ3) is 2.87. The molecular formula is C11H10Cl2N4O. The van der Waals surface area contributed by atoms with Crippen molar-refractivity contribution in [1.82, 2.24) is 15.0 Å². The third-order valence-corrected chi connectivity index (χ3v) is 3.08. The van der Waals surface area contributed by atoms with Gasteiger partial charge in [-0.15, -0.1) is 5.10 Å². The minimum atomic E-state index is -0.123. The molecule has 1 aromatic heterocycles. The summed E-state index contributed by atoms with van der Waals surface area (Å²) < 4.78 is 1.44. The smallest absolute Gasteiger partial charge is 0.184 e. The fourth-order valence-corrected chi connectivity index (χ4v) is 1.72. The molecule has 2 aromatic rings. The second kappa shape index (κ2) is 5.48. The lowest BCUT2D eigenvalue weighted by atomic mass is 10.1. The number of nitrogens with two attached hydrogens (primary N) is 1. The topological polar surface area (TPSA) is 73.8 Å². The summed E-state index contributed by atoms with van der Waals surface area (Å²) in [4.78, 5) is 12.0. The van der Waals surface area contributed by atoms with E-state index in [1.54, 1.807) is 18.3 Å². The van der Waals surface area contributed by atoms with Gasteiger partial charge in [0.1, 0.15) is 6.54 Å². The number of carbonyl (C=O) groups is 1. The summed E-state index contributed by atoms with van der Waals surface area (Å²) in [5, 5.41) is 8.37. The number of aromatic nitrogens is 3. The molecule has 2 rings (SSSR count). The number of nitrogens with zero attached hydrogens (tertiary/aromatic N) is 3. The molecule has 0 saturated carbocycles. The van der Waals surface area contributed by atoms with E-state index in [4.69, 9.17) is 28.9 Å². The zero-order valence-corrected chi connectivity index (χ0v) is 10.8. The molecule has 1 heterocycles. The standard InChI is InChI=1S/C11H10Cl2N4O/c12-9-2-1-7(3-10(9)13)11(18)6-17-5-8(4-14)15-16-17/h1-3,5H,4,6,14H2. The van der Waals surface area contributed by atoms with Gasteiger partial charge in [0.25, 0.3) is 0 Å². The average molecular weight is 285 g/mol. The van der Waals surface area contributed by atoms with Crippen LogP contribution in [0.4, 0.5) is 0 Å². The van der Waals surface area contributed by atoms with Crippen molar-refractivity contribution in [2.75, 3.05) is 0 Å². The summed E-state index contributed by atoms with van der Waals surface area (Å²) >= 11 is 11.6. The summed E-state index contributed by atoms with van der Waals surface area (Å²) in [6, 6.07) is 4.74. The molecule has 0 amide bonds. The molecule has 0 saturated heterocycles. The number of benzene rings is 1. The van der Waals surface area contributed by atoms with Crippen molar-refractivity contribution in [3.05, 3.63) is 45.7 Å². The largest absolute Gasteiger partial charge is 0.325 e. The molecule has 2 N–H and O–H groups in total. The van der Waals surface area contributed by atoms with E-state index in [1.165, 1.54) is 10.7 Å². The summed E-state index contributed by atoms with van der Waals surface area (Å²) in [5.41, 5.74) is 6.53. The summed E-state index contributed by atoms with van der Waals surface area (Å²) in [5.74, 6) is -0.123. The minimum Gasteiger partial charge on any atom is -0.325 e. The van der Waals surface area contributed by atoms with Gasteiger partial charge >= 0.3 is 0 Å². The van der Waals surface area contributed by atoms with Gasteiger partial charge in [-0.05, 0) is 18.2 Å². The molecule has 0 aliphatic heterocycles. The Bertz CT molecular complexity index is 582. The first-order valence-corrected chi connectivity index (χ1v) is 5.93. The van der Waals surface area contributed by atoms with Crippen molar-refractivity contribution >= 4 is 29.0 Å². The van der Waals surface area contributed by atoms with Crippen molar-refractivity contribution in [2.24, 2.45) is 5.73 Å². The number of halogens is 2. The molecule has 7 heteroatoms. The lowest BCUT2D eigenvalue weighted by Gasteiger charge is -2.02. The molecule has 0 bridgehead atoms. The van der Waals surface area contributed by atoms with Crippen LogP contribution >= 0.6 is 23.2 Å². The molecule has 0 spiro atoms. The van der Waals surface area contributed by atoms with Gasteiger partial charge in [0.2, 0.25) is 0 Å². The second-order valence-electron chi connectivity index (χ2n) is 3.66. The van der Waals surface area contributed by atoms with Gasteiger partial charge in [0.05, 0.1) is 21.9 Å². The first kappa shape index (κ1) is 13.0. The Balaban J connectivity index is 2.14. The maximum Gasteiger partial charge on any atom is 0.184 e. The van der Waals surface area contributed by atoms with Crippen molar-refractivity contribution < 1.29 is 4.79 Å². The van der Waals surface area contributed by atoms with Crippen LogP contribution in [0.1, 0.15) is 16.1 Å². The first-order valence-electron chi connectivity index (χ1n) is 5.17. The minimum absolute atomic E-state index is 0.0883. The van der Waals surface area contributed by atoms with Gasteiger partial charge < -0.3 is 5.73 Å². The van der Waals surface area contributed by atoms with E-state index in [0.717, 1.165) is 0 Å². The van der Waals surface area contributed by atoms with Crippen LogP contribution in [0.25, 0.3) is 0 Å². The molecular weight excluding hydrogens is 275 g/mol. The molecule has 0 fully saturated rings. The van der Waals surface area contributed by atoms with Crippen LogP contribution in [0.5, 0.6) is 0 Å². The van der Waals surface area contributed by atoms with Crippen molar-refractivity contribution in [1.29, 1.82) is 0 Å². The number of carbonyl (C=O) groups excluding carboxylic acids is 1. The Morgan fingerprint density at radius 2 is 2.11 bits per heavy atom. The van der Waals surface area contributed by atoms with Crippen molar-refractivity contribution in [2.45, 2.75) is 13.1 Å². The van der Waals surface area contributed by atoms with Gasteiger partial charge in [0.15, 0.2) is 5.78 Å². The SMILES string of the molecule is NCc1cn(CC(=O)c2ccc(Cl)c(Cl)c2)nn1. The lowest BCUT2D eigenvalue weighted by Crippen LogP contribution is -2.11. The van der Waals surface area contributed by atoms with Gasteiger partial charge in [-0.2, -0.15) is 0 Å². The van der Waals surface area contributed by atoms with Crippen LogP contribution in [-0.2, 0) is 13.1 Å². The Morgan fingerprint density at radius 1 is 1.33 bits per heavy atom. The second-order valence-corrected chi connectivity index (χ2v) is 4.48. The van der Waals surface area contributed by atoms with E-state index in [2.05, 4.69) is 10.3 Å². The number of hydrogen-bond acceptors (Lipinski definition) is 4. The van der Waals surface area contributed by atoms with Crippen LogP contribution < -0.4 is 5.73 Å². The van der Waals surface area contributed by atoms with Crippen LogP contribution in [0.15, 0.2) is 24.4 Å². The van der Waals surface area contributed by atoms with Gasteiger partial charge in [-0.1, -0.05) is 28.4 Å². The van der Waals surface area contributed by atoms with Crippen LogP contribution in [0.3, 0.4) is 0 Å². The molecule has 0 atom stereocenters. The van der Waals surface area contributed by atoms with Crippen molar-refractivity contribution in [3.8, 4) is 0 Å². The Kier molecular flexibility index (Phi) is 3.96. The highest BCUT2D eigenvalue weighted by Gasteiger charge is 2.10. The molecule has 0 radical (unpaired) electrons. The molecule has 1 aromatic carbocycles. The average Bonchev–Trinajstić information content (AvgIpc) is 2.80. The van der Waals surface area contributed by atoms with E-state index in [1.807, 2.05) is 0 Å². The summed E-state index contributed by atoms with van der Waals surface area (Å²) in [6.07, 6.45) is 1.63. The van der Waals surface area contributed by atoms with E-state index in [0.29, 0.717) is 27.8 Å². The normalized spacial score (nSPS) is 10.6. The zero-order chi connectivity index (χ0) is 13.1. The number of ketones is 1. The van der Waals surface area contributed by atoms with Crippen molar-refractivity contribution in [3.63, 3.8) is 0 Å². The highest BCUT2D eigenvalue weighted by atomic mass is 35.5. The quantitative estimate of drug-likeness (QED) is 0.871. The Morgan fingerprint density at radius 3 is 2.72 bits per heavy atom. The van der Waals surface area contributed by atoms with Crippen LogP contribution in [0.2, 0.25) is 10.0 Å². The van der Waals surface area contributed by atoms with E-state index in [9.17, 15) is 4.79 Å². The molecule has 5 nitrogen and oxygen atoms in total. The summed E-state index contributed by atoms with van der Waals surface area (Å²) in [7, 11) is 0.